The van der Waals surface area contributed by atoms with Crippen LogP contribution in [0.5, 0.6) is 0 Å². The Labute approximate surface area is 370 Å². The molecule has 4 aliphatic rings. The first-order valence-corrected chi connectivity index (χ1v) is 22.4. The Bertz CT molecular complexity index is 3220. The van der Waals surface area contributed by atoms with Crippen LogP contribution in [0.4, 0.5) is 34.1 Å². The van der Waals surface area contributed by atoms with Crippen molar-refractivity contribution in [2.45, 2.75) is 43.9 Å². The van der Waals surface area contributed by atoms with Crippen LogP contribution in [0.15, 0.2) is 206 Å². The van der Waals surface area contributed by atoms with Crippen molar-refractivity contribution >= 4 is 34.1 Å². The number of anilines is 6. The van der Waals surface area contributed by atoms with E-state index in [1.165, 1.54) is 89.3 Å². The maximum Gasteiger partial charge on any atom is 0.0755 e. The monoisotopic (exact) mass is 806 g/mol. The largest absolute Gasteiger partial charge is 0.310 e. The maximum atomic E-state index is 2.53. The van der Waals surface area contributed by atoms with Gasteiger partial charge in [0, 0.05) is 33.6 Å². The Morgan fingerprint density at radius 3 is 1.14 bits per heavy atom. The summed E-state index contributed by atoms with van der Waals surface area (Å²) < 4.78 is 0. The average Bonchev–Trinajstić information content (AvgIpc) is 3.84. The van der Waals surface area contributed by atoms with Gasteiger partial charge < -0.3 is 9.80 Å². The van der Waals surface area contributed by atoms with Gasteiger partial charge in [0.2, 0.25) is 0 Å². The summed E-state index contributed by atoms with van der Waals surface area (Å²) in [7, 11) is 0. The highest BCUT2D eigenvalue weighted by Gasteiger charge is 2.52. The lowest BCUT2D eigenvalue weighted by atomic mass is 9.64. The quantitative estimate of drug-likeness (QED) is 0.175. The van der Waals surface area contributed by atoms with Crippen molar-refractivity contribution in [1.82, 2.24) is 0 Å². The second kappa shape index (κ2) is 12.8. The predicted molar refractivity (Wildman–Crippen MR) is 262 cm³/mol. The van der Waals surface area contributed by atoms with Crippen molar-refractivity contribution < 1.29 is 0 Å². The first-order chi connectivity index (χ1) is 30.8. The average molecular weight is 807 g/mol. The van der Waals surface area contributed by atoms with Crippen molar-refractivity contribution in [3.8, 4) is 33.4 Å². The Kier molecular flexibility index (Phi) is 7.37. The SMILES string of the molecule is CC1(C)c2ccccc2-c2ccc(N(c3ccc4c(c3)C(C)(C)c3ccccc3-4)c3ccc4c(c3)C3(c5ccccc5-4)c4ccccc4N(c4ccccc4)c4ccccc43)cc21. The normalized spacial score (nSPS) is 15.7. The molecule has 0 aromatic heterocycles. The van der Waals surface area contributed by atoms with E-state index in [2.05, 4.69) is 244 Å². The molecule has 0 unspecified atom stereocenters. The van der Waals surface area contributed by atoms with Crippen LogP contribution in [0.2, 0.25) is 0 Å². The van der Waals surface area contributed by atoms with Crippen molar-refractivity contribution in [3.63, 3.8) is 0 Å². The molecule has 300 valence electrons. The van der Waals surface area contributed by atoms with E-state index < -0.39 is 5.41 Å². The van der Waals surface area contributed by atoms with Crippen molar-refractivity contribution in [2.24, 2.45) is 0 Å². The van der Waals surface area contributed by atoms with Crippen LogP contribution < -0.4 is 9.80 Å². The van der Waals surface area contributed by atoms with E-state index >= 15 is 0 Å². The summed E-state index contributed by atoms with van der Waals surface area (Å²) in [5.41, 5.74) is 24.8. The number of hydrogen-bond donors (Lipinski definition) is 0. The fourth-order valence-electron chi connectivity index (χ4n) is 12.2. The molecule has 0 radical (unpaired) electrons. The molecule has 3 aliphatic carbocycles. The van der Waals surface area contributed by atoms with Gasteiger partial charge in [0.25, 0.3) is 0 Å². The van der Waals surface area contributed by atoms with Crippen LogP contribution in [-0.4, -0.2) is 0 Å². The minimum absolute atomic E-state index is 0.140. The predicted octanol–water partition coefficient (Wildman–Crippen LogP) is 15.9. The molecule has 2 nitrogen and oxygen atoms in total. The van der Waals surface area contributed by atoms with E-state index in [-0.39, 0.29) is 10.8 Å². The number of hydrogen-bond acceptors (Lipinski definition) is 2. The van der Waals surface area contributed by atoms with Gasteiger partial charge in [0.1, 0.15) is 0 Å². The molecule has 0 N–H and O–H groups in total. The van der Waals surface area contributed by atoms with Gasteiger partial charge in [-0.1, -0.05) is 173 Å². The molecule has 9 aromatic carbocycles. The Morgan fingerprint density at radius 1 is 0.302 bits per heavy atom. The molecule has 0 amide bonds. The summed E-state index contributed by atoms with van der Waals surface area (Å²) in [4.78, 5) is 4.99. The molecule has 0 saturated carbocycles. The lowest BCUT2D eigenvalue weighted by Gasteiger charge is -2.45. The zero-order valence-electron chi connectivity index (χ0n) is 36.0. The van der Waals surface area contributed by atoms with Crippen LogP contribution in [0.3, 0.4) is 0 Å². The van der Waals surface area contributed by atoms with Gasteiger partial charge in [-0.15, -0.1) is 0 Å². The van der Waals surface area contributed by atoms with Gasteiger partial charge in [0.05, 0.1) is 16.8 Å². The Hall–Kier alpha value is -7.42. The summed E-state index contributed by atoms with van der Waals surface area (Å²) in [6, 6.07) is 77.8. The first kappa shape index (κ1) is 36.3. The third kappa shape index (κ3) is 4.73. The first-order valence-electron chi connectivity index (χ1n) is 22.4. The standard InChI is InChI=1S/C61H46N2/c1-59(2)49-23-11-8-20-43(49)46-33-30-40(36-54(46)59)62(41-31-34-47-44-21-9-12-24-50(44)60(3,4)55(47)37-41)42-32-35-48-45-22-10-13-25-51(45)61(56(48)38-42)52-26-14-16-28-57(52)63(39-18-6-5-7-19-39)58-29-17-15-27-53(58)61/h5-38H,1-4H3. The van der Waals surface area contributed by atoms with Crippen LogP contribution in [0.1, 0.15) is 72.2 Å². The lowest BCUT2D eigenvalue weighted by Crippen LogP contribution is -2.36. The molecule has 63 heavy (non-hydrogen) atoms. The molecular weight excluding hydrogens is 761 g/mol. The van der Waals surface area contributed by atoms with Crippen molar-refractivity contribution in [3.05, 3.63) is 251 Å². The van der Waals surface area contributed by atoms with Crippen molar-refractivity contribution in [1.29, 1.82) is 0 Å². The highest BCUT2D eigenvalue weighted by molar-refractivity contribution is 5.97. The number of rotatable bonds is 4. The minimum atomic E-state index is -0.560. The van der Waals surface area contributed by atoms with Crippen LogP contribution in [0, 0.1) is 0 Å². The van der Waals surface area contributed by atoms with E-state index in [0.29, 0.717) is 0 Å². The molecule has 0 saturated heterocycles. The second-order valence-electron chi connectivity index (χ2n) is 18.9. The number of nitrogens with zero attached hydrogens (tertiary/aromatic N) is 2. The Morgan fingerprint density at radius 2 is 0.651 bits per heavy atom. The summed E-state index contributed by atoms with van der Waals surface area (Å²) in [6.45, 7) is 9.53. The maximum absolute atomic E-state index is 2.53. The van der Waals surface area contributed by atoms with Gasteiger partial charge in [-0.05, 0) is 139 Å². The van der Waals surface area contributed by atoms with Crippen molar-refractivity contribution in [2.75, 3.05) is 9.80 Å². The lowest BCUT2D eigenvalue weighted by molar-refractivity contribution is 0.660. The molecule has 2 heteroatoms. The minimum Gasteiger partial charge on any atom is -0.310 e. The smallest absolute Gasteiger partial charge is 0.0755 e. The highest BCUT2D eigenvalue weighted by atomic mass is 15.2. The van der Waals surface area contributed by atoms with Gasteiger partial charge in [0.15, 0.2) is 0 Å². The molecule has 0 atom stereocenters. The fourth-order valence-corrected chi connectivity index (χ4v) is 12.2. The molecule has 9 aromatic rings. The zero-order chi connectivity index (χ0) is 42.2. The number of fused-ring (bicyclic) bond motifs is 15. The molecule has 0 bridgehead atoms. The van der Waals surface area contributed by atoms with E-state index in [1.54, 1.807) is 0 Å². The molecule has 1 heterocycles. The number of para-hydroxylation sites is 3. The van der Waals surface area contributed by atoms with Crippen LogP contribution >= 0.6 is 0 Å². The number of benzene rings is 9. The zero-order valence-corrected chi connectivity index (χ0v) is 36.0. The molecule has 1 aliphatic heterocycles. The third-order valence-corrected chi connectivity index (χ3v) is 15.0. The molecule has 1 spiro atoms. The van der Waals surface area contributed by atoms with E-state index in [0.717, 1.165) is 22.7 Å². The van der Waals surface area contributed by atoms with Crippen LogP contribution in [0.25, 0.3) is 33.4 Å². The second-order valence-corrected chi connectivity index (χ2v) is 18.9. The van der Waals surface area contributed by atoms with Gasteiger partial charge in [-0.2, -0.15) is 0 Å². The van der Waals surface area contributed by atoms with Gasteiger partial charge >= 0.3 is 0 Å². The summed E-state index contributed by atoms with van der Waals surface area (Å²) in [5, 5.41) is 0. The molecular formula is C61H46N2. The highest BCUT2D eigenvalue weighted by Crippen LogP contribution is 2.64. The van der Waals surface area contributed by atoms with Crippen LogP contribution in [-0.2, 0) is 16.2 Å². The Balaban J connectivity index is 1.08. The molecule has 13 rings (SSSR count). The summed E-state index contributed by atoms with van der Waals surface area (Å²) in [6.07, 6.45) is 0. The third-order valence-electron chi connectivity index (χ3n) is 15.0. The van der Waals surface area contributed by atoms with Gasteiger partial charge in [-0.3, -0.25) is 0 Å². The van der Waals surface area contributed by atoms with E-state index in [4.69, 9.17) is 0 Å². The van der Waals surface area contributed by atoms with E-state index in [9.17, 15) is 0 Å². The fraction of sp³-hybridized carbons (Fsp3) is 0.115. The topological polar surface area (TPSA) is 6.48 Å². The summed E-state index contributed by atoms with van der Waals surface area (Å²) in [5.74, 6) is 0. The van der Waals surface area contributed by atoms with E-state index in [1.807, 2.05) is 0 Å². The van der Waals surface area contributed by atoms with Gasteiger partial charge in [-0.25, -0.2) is 0 Å². The molecule has 0 fully saturated rings. The summed E-state index contributed by atoms with van der Waals surface area (Å²) >= 11 is 0.